The molecule has 0 aromatic carbocycles. The van der Waals surface area contributed by atoms with Crippen LogP contribution in [0.3, 0.4) is 0 Å². The van der Waals surface area contributed by atoms with Crippen molar-refractivity contribution in [3.63, 3.8) is 0 Å². The number of nitrogens with zero attached hydrogens (tertiary/aromatic N) is 9. The van der Waals surface area contributed by atoms with Gasteiger partial charge in [-0.15, -0.1) is 0 Å². The van der Waals surface area contributed by atoms with Crippen molar-refractivity contribution in [2.45, 2.75) is 77.7 Å². The molecule has 0 bridgehead atoms. The molecule has 0 aliphatic carbocycles. The van der Waals surface area contributed by atoms with Crippen molar-refractivity contribution in [3.05, 3.63) is 57.0 Å². The number of anilines is 1. The van der Waals surface area contributed by atoms with Crippen molar-refractivity contribution in [2.24, 2.45) is 5.92 Å². The Bertz CT molecular complexity index is 1940. The van der Waals surface area contributed by atoms with Crippen molar-refractivity contribution in [3.8, 4) is 5.82 Å². The van der Waals surface area contributed by atoms with E-state index in [0.717, 1.165) is 12.8 Å². The average molecular weight is 691 g/mol. The van der Waals surface area contributed by atoms with Gasteiger partial charge in [-0.1, -0.05) is 13.8 Å². The van der Waals surface area contributed by atoms with Crippen molar-refractivity contribution in [1.29, 1.82) is 0 Å². The summed E-state index contributed by atoms with van der Waals surface area (Å²) in [5.41, 5.74) is 9.12. The number of rotatable bonds is 5. The summed E-state index contributed by atoms with van der Waals surface area (Å²) < 4.78 is 17.1. The molecule has 2 saturated heterocycles. The highest BCUT2D eigenvalue weighted by Gasteiger charge is 2.36. The van der Waals surface area contributed by atoms with E-state index >= 15 is 0 Å². The number of ether oxygens (including phenoxy) is 2. The standard InChI is InChI=1S/C19H22ClN5O2.C10H12ClN5O3.H3N/c1-5-13-10(2)6-14(27-13)25-9-21-15-17(22-19(20)23-18(15)25)24-7-11(3)16(26)12(4)8-24;11-10-14-8(12)7-9(15-10)16(3-13-7)6-1-4(18)5(2-17)19-6;/h7-10,13-14H,5-6H2,1-4H3;3-6,17-18H,1-2H2,(H2,12,14,15);1H3/t10?,13-,14?;4?,5-,6?;/m11./s1. The molecule has 16 nitrogen and oxygen atoms in total. The molecule has 0 spiro atoms. The molecule has 4 unspecified atom stereocenters. The van der Waals surface area contributed by atoms with Crippen LogP contribution >= 0.6 is 23.2 Å². The van der Waals surface area contributed by atoms with E-state index < -0.39 is 18.4 Å². The lowest BCUT2D eigenvalue weighted by atomic mass is 10.0. The third-order valence-electron chi connectivity index (χ3n) is 8.37. The van der Waals surface area contributed by atoms with Gasteiger partial charge in [0.1, 0.15) is 24.1 Å². The molecule has 18 heteroatoms. The molecular weight excluding hydrogens is 653 g/mol. The molecule has 2 aliphatic heterocycles. The molecule has 47 heavy (non-hydrogen) atoms. The molecule has 0 radical (unpaired) electrons. The minimum Gasteiger partial charge on any atom is -0.394 e. The van der Waals surface area contributed by atoms with Crippen LogP contribution in [0, 0.1) is 19.8 Å². The van der Waals surface area contributed by atoms with Crippen LogP contribution in [0.1, 0.15) is 56.7 Å². The number of nitrogen functional groups attached to an aromatic ring is 1. The first-order valence-corrected chi connectivity index (χ1v) is 15.6. The lowest BCUT2D eigenvalue weighted by Crippen LogP contribution is -2.24. The van der Waals surface area contributed by atoms with Gasteiger partial charge in [0, 0.05) is 29.9 Å². The summed E-state index contributed by atoms with van der Waals surface area (Å²) in [6, 6.07) is 0. The van der Waals surface area contributed by atoms with Crippen LogP contribution in [0.5, 0.6) is 0 Å². The number of aliphatic hydroxyl groups is 2. The van der Waals surface area contributed by atoms with Gasteiger partial charge in [0.25, 0.3) is 0 Å². The smallest absolute Gasteiger partial charge is 0.226 e. The van der Waals surface area contributed by atoms with Crippen LogP contribution in [-0.2, 0) is 9.47 Å². The number of aliphatic hydroxyl groups excluding tert-OH is 2. The number of hydrogen-bond donors (Lipinski definition) is 4. The van der Waals surface area contributed by atoms with Gasteiger partial charge in [-0.05, 0) is 55.8 Å². The van der Waals surface area contributed by atoms with E-state index in [9.17, 15) is 9.90 Å². The molecule has 7 N–H and O–H groups in total. The Labute approximate surface area is 279 Å². The molecule has 252 valence electrons. The maximum Gasteiger partial charge on any atom is 0.226 e. The Morgan fingerprint density at radius 1 is 0.915 bits per heavy atom. The summed E-state index contributed by atoms with van der Waals surface area (Å²) in [5.74, 6) is 1.21. The van der Waals surface area contributed by atoms with Gasteiger partial charge in [0.05, 0.1) is 31.5 Å². The maximum atomic E-state index is 12.0. The van der Waals surface area contributed by atoms with Crippen LogP contribution in [0.4, 0.5) is 5.82 Å². The summed E-state index contributed by atoms with van der Waals surface area (Å²) in [4.78, 5) is 37.3. The summed E-state index contributed by atoms with van der Waals surface area (Å²) in [6.45, 7) is 7.65. The fourth-order valence-electron chi connectivity index (χ4n) is 5.98. The first-order valence-electron chi connectivity index (χ1n) is 14.8. The molecule has 0 saturated carbocycles. The Balaban J connectivity index is 0.000000191. The fourth-order valence-corrected chi connectivity index (χ4v) is 6.31. The van der Waals surface area contributed by atoms with Crippen LogP contribution < -0.4 is 17.3 Å². The predicted molar refractivity (Wildman–Crippen MR) is 175 cm³/mol. The quantitative estimate of drug-likeness (QED) is 0.194. The van der Waals surface area contributed by atoms with Crippen molar-refractivity contribution in [2.75, 3.05) is 12.3 Å². The second kappa shape index (κ2) is 13.8. The number of nitrogens with two attached hydrogens (primary N) is 1. The molecule has 5 aromatic rings. The number of fused-ring (bicyclic) bond motifs is 2. The number of aromatic nitrogens is 9. The monoisotopic (exact) mass is 689 g/mol. The lowest BCUT2D eigenvalue weighted by Gasteiger charge is -2.15. The number of aryl methyl sites for hydroxylation is 2. The zero-order valence-electron chi connectivity index (χ0n) is 26.3. The third kappa shape index (κ3) is 6.54. The van der Waals surface area contributed by atoms with Gasteiger partial charge in [0.15, 0.2) is 33.9 Å². The van der Waals surface area contributed by atoms with Gasteiger partial charge in [-0.25, -0.2) is 9.97 Å². The molecule has 7 heterocycles. The van der Waals surface area contributed by atoms with E-state index in [2.05, 4.69) is 43.8 Å². The van der Waals surface area contributed by atoms with E-state index in [4.69, 9.17) is 43.5 Å². The van der Waals surface area contributed by atoms with Gasteiger partial charge < -0.3 is 36.1 Å². The molecule has 5 aromatic heterocycles. The highest BCUT2D eigenvalue weighted by Crippen LogP contribution is 2.36. The fraction of sp³-hybridized carbons (Fsp3) is 0.483. The molecular formula is C29H37Cl2N11O5. The highest BCUT2D eigenvalue weighted by molar-refractivity contribution is 6.29. The summed E-state index contributed by atoms with van der Waals surface area (Å²) in [5, 5.41) is 19.0. The van der Waals surface area contributed by atoms with E-state index in [-0.39, 0.29) is 46.9 Å². The largest absolute Gasteiger partial charge is 0.394 e. The third-order valence-corrected chi connectivity index (χ3v) is 8.71. The predicted octanol–water partition coefficient (Wildman–Crippen LogP) is 3.45. The van der Waals surface area contributed by atoms with E-state index in [0.29, 0.717) is 51.6 Å². The highest BCUT2D eigenvalue weighted by atomic mass is 35.5. The topological polar surface area (TPSA) is 229 Å². The Morgan fingerprint density at radius 2 is 1.47 bits per heavy atom. The summed E-state index contributed by atoms with van der Waals surface area (Å²) in [7, 11) is 0. The summed E-state index contributed by atoms with van der Waals surface area (Å²) in [6.07, 6.45) is 7.22. The van der Waals surface area contributed by atoms with Crippen molar-refractivity contribution < 1.29 is 19.7 Å². The summed E-state index contributed by atoms with van der Waals surface area (Å²) >= 11 is 12.0. The Morgan fingerprint density at radius 3 is 2.04 bits per heavy atom. The number of hydrogen-bond acceptors (Lipinski definition) is 13. The van der Waals surface area contributed by atoms with Gasteiger partial charge in [-0.3, -0.25) is 13.9 Å². The zero-order chi connectivity index (χ0) is 32.9. The molecule has 0 amide bonds. The minimum absolute atomic E-state index is 0. The second-order valence-corrected chi connectivity index (χ2v) is 12.2. The Hall–Kier alpha value is -3.77. The molecule has 2 fully saturated rings. The van der Waals surface area contributed by atoms with Crippen LogP contribution in [-0.4, -0.2) is 78.7 Å². The number of imidazole rings is 2. The van der Waals surface area contributed by atoms with Crippen LogP contribution in [0.15, 0.2) is 29.8 Å². The van der Waals surface area contributed by atoms with Gasteiger partial charge >= 0.3 is 0 Å². The maximum absolute atomic E-state index is 12.0. The first kappa shape index (κ1) is 34.6. The number of halogens is 2. The van der Waals surface area contributed by atoms with E-state index in [1.165, 1.54) is 6.33 Å². The van der Waals surface area contributed by atoms with Gasteiger partial charge in [0.2, 0.25) is 10.6 Å². The van der Waals surface area contributed by atoms with E-state index in [1.807, 2.05) is 4.57 Å². The van der Waals surface area contributed by atoms with Crippen molar-refractivity contribution >= 4 is 51.3 Å². The molecule has 2 aliphatic rings. The second-order valence-electron chi connectivity index (χ2n) is 11.6. The first-order chi connectivity index (χ1) is 22.0. The van der Waals surface area contributed by atoms with Crippen LogP contribution in [0.25, 0.3) is 28.1 Å². The lowest BCUT2D eigenvalue weighted by molar-refractivity contribution is -0.0432. The molecule has 7 rings (SSSR count). The average Bonchev–Trinajstić information content (AvgIpc) is 3.80. The normalized spacial score (nSPS) is 24.0. The van der Waals surface area contributed by atoms with Crippen LogP contribution in [0.2, 0.25) is 10.6 Å². The van der Waals surface area contributed by atoms with E-state index in [1.54, 1.807) is 41.7 Å². The SMILES string of the molecule is CC[C@H]1OC(n2cnc3c(-n4cc(C)c(=O)c(C)c4)nc(Cl)nc32)CC1C.N.Nc1nc(Cl)nc2c1ncn2C1CC(O)[C@@H](CO)O1. The zero-order valence-corrected chi connectivity index (χ0v) is 27.8. The van der Waals surface area contributed by atoms with Crippen molar-refractivity contribution in [1.82, 2.24) is 49.8 Å². The Kier molecular flexibility index (Phi) is 10.1. The minimum atomic E-state index is -0.734. The van der Waals surface area contributed by atoms with Gasteiger partial charge in [-0.2, -0.15) is 19.9 Å². The molecule has 6 atom stereocenters. The number of pyridine rings is 1.